The summed E-state index contributed by atoms with van der Waals surface area (Å²) in [6.07, 6.45) is 2.36. The van der Waals surface area contributed by atoms with Gasteiger partial charge in [-0.2, -0.15) is 0 Å². The Labute approximate surface area is 114 Å². The van der Waals surface area contributed by atoms with Crippen molar-refractivity contribution in [2.24, 2.45) is 11.3 Å². The van der Waals surface area contributed by atoms with Crippen LogP contribution in [-0.4, -0.2) is 13.1 Å². The predicted molar refractivity (Wildman–Crippen MR) is 74.9 cm³/mol. The molecular weight excluding hydrogens is 253 g/mol. The monoisotopic (exact) mass is 271 g/mol. The number of rotatable bonds is 4. The second-order valence-corrected chi connectivity index (χ2v) is 6.44. The lowest BCUT2D eigenvalue weighted by Gasteiger charge is -2.44. The van der Waals surface area contributed by atoms with Crippen LogP contribution in [0.2, 0.25) is 10.0 Å². The summed E-state index contributed by atoms with van der Waals surface area (Å²) in [5.41, 5.74) is 1.72. The first kappa shape index (κ1) is 13.2. The van der Waals surface area contributed by atoms with Crippen molar-refractivity contribution in [1.29, 1.82) is 0 Å². The van der Waals surface area contributed by atoms with Crippen LogP contribution in [0.3, 0.4) is 0 Å². The molecule has 17 heavy (non-hydrogen) atoms. The van der Waals surface area contributed by atoms with E-state index in [-0.39, 0.29) is 0 Å². The fraction of sp³-hybridized carbons (Fsp3) is 0.571. The molecule has 0 aromatic heterocycles. The van der Waals surface area contributed by atoms with Crippen molar-refractivity contribution in [2.75, 3.05) is 13.1 Å². The Bertz CT molecular complexity index is 397. The zero-order valence-corrected chi connectivity index (χ0v) is 11.9. The zero-order valence-electron chi connectivity index (χ0n) is 10.4. The van der Waals surface area contributed by atoms with Gasteiger partial charge in [-0.1, -0.05) is 43.1 Å². The topological polar surface area (TPSA) is 12.0 Å². The molecule has 1 aromatic carbocycles. The Morgan fingerprint density at radius 1 is 1.24 bits per heavy atom. The van der Waals surface area contributed by atoms with Crippen molar-refractivity contribution in [3.63, 3.8) is 0 Å². The number of benzene rings is 1. The van der Waals surface area contributed by atoms with Gasteiger partial charge in [0.25, 0.3) is 0 Å². The van der Waals surface area contributed by atoms with E-state index < -0.39 is 0 Å². The van der Waals surface area contributed by atoms with Gasteiger partial charge in [-0.25, -0.2) is 0 Å². The van der Waals surface area contributed by atoms with Gasteiger partial charge >= 0.3 is 0 Å². The lowest BCUT2D eigenvalue weighted by molar-refractivity contribution is 0.131. The normalized spacial score (nSPS) is 18.2. The number of hydrogen-bond acceptors (Lipinski definition) is 1. The molecule has 1 fully saturated rings. The van der Waals surface area contributed by atoms with Crippen molar-refractivity contribution in [3.05, 3.63) is 33.8 Å². The van der Waals surface area contributed by atoms with Crippen LogP contribution in [0.1, 0.15) is 25.8 Å². The van der Waals surface area contributed by atoms with Gasteiger partial charge in [0.15, 0.2) is 0 Å². The van der Waals surface area contributed by atoms with E-state index in [1.807, 2.05) is 12.1 Å². The highest BCUT2D eigenvalue weighted by molar-refractivity contribution is 6.42. The van der Waals surface area contributed by atoms with Gasteiger partial charge in [0.1, 0.15) is 0 Å². The summed E-state index contributed by atoms with van der Waals surface area (Å²) in [4.78, 5) is 0. The summed E-state index contributed by atoms with van der Waals surface area (Å²) < 4.78 is 0. The van der Waals surface area contributed by atoms with Crippen LogP contribution in [-0.2, 0) is 6.42 Å². The smallest absolute Gasteiger partial charge is 0.0595 e. The third-order valence-corrected chi connectivity index (χ3v) is 4.14. The molecule has 3 heteroatoms. The van der Waals surface area contributed by atoms with Gasteiger partial charge < -0.3 is 5.32 Å². The second-order valence-electron chi connectivity index (χ2n) is 5.63. The van der Waals surface area contributed by atoms with Gasteiger partial charge in [-0.15, -0.1) is 0 Å². The molecular formula is C14H19Cl2N. The van der Waals surface area contributed by atoms with E-state index >= 15 is 0 Å². The average molecular weight is 272 g/mol. The van der Waals surface area contributed by atoms with Gasteiger partial charge in [0.05, 0.1) is 10.0 Å². The number of halogens is 2. The van der Waals surface area contributed by atoms with Crippen LogP contribution >= 0.6 is 23.2 Å². The highest BCUT2D eigenvalue weighted by Crippen LogP contribution is 2.35. The molecule has 94 valence electrons. The third kappa shape index (κ3) is 3.15. The average Bonchev–Trinajstić information content (AvgIpc) is 2.19. The van der Waals surface area contributed by atoms with Gasteiger partial charge in [-0.05, 0) is 41.9 Å². The summed E-state index contributed by atoms with van der Waals surface area (Å²) in [5, 5.41) is 4.70. The highest BCUT2D eigenvalue weighted by Gasteiger charge is 2.37. The van der Waals surface area contributed by atoms with Crippen molar-refractivity contribution < 1.29 is 0 Å². The lowest BCUT2D eigenvalue weighted by atomic mass is 9.71. The number of hydrogen-bond donors (Lipinski definition) is 1. The summed E-state index contributed by atoms with van der Waals surface area (Å²) in [7, 11) is 0. The molecule has 0 radical (unpaired) electrons. The van der Waals surface area contributed by atoms with Gasteiger partial charge in [-0.3, -0.25) is 0 Å². The summed E-state index contributed by atoms with van der Waals surface area (Å²) in [6, 6.07) is 5.99. The Morgan fingerprint density at radius 2 is 1.94 bits per heavy atom. The molecule has 1 saturated heterocycles. The second kappa shape index (κ2) is 5.17. The molecule has 1 N–H and O–H groups in total. The molecule has 0 amide bonds. The maximum Gasteiger partial charge on any atom is 0.0595 e. The molecule has 0 spiro atoms. The van der Waals surface area contributed by atoms with Crippen LogP contribution in [0, 0.1) is 11.3 Å². The molecule has 0 atom stereocenters. The quantitative estimate of drug-likeness (QED) is 0.867. The molecule has 0 unspecified atom stereocenters. The minimum absolute atomic E-state index is 0.422. The minimum Gasteiger partial charge on any atom is -0.316 e. The molecule has 1 nitrogen and oxygen atoms in total. The summed E-state index contributed by atoms with van der Waals surface area (Å²) in [6.45, 7) is 6.81. The molecule has 1 aromatic rings. The fourth-order valence-electron chi connectivity index (χ4n) is 2.77. The van der Waals surface area contributed by atoms with E-state index in [0.717, 1.165) is 25.4 Å². The standard InChI is InChI=1S/C14H19Cl2N/c1-10(2)6-14(8-17-9-14)7-11-3-4-12(15)13(16)5-11/h3-5,10,17H,6-9H2,1-2H3. The Kier molecular flexibility index (Phi) is 4.02. The van der Waals surface area contributed by atoms with Crippen molar-refractivity contribution in [1.82, 2.24) is 5.32 Å². The first-order valence-electron chi connectivity index (χ1n) is 6.15. The Hall–Kier alpha value is -0.240. The van der Waals surface area contributed by atoms with Gasteiger partial charge in [0.2, 0.25) is 0 Å². The van der Waals surface area contributed by atoms with Gasteiger partial charge in [0, 0.05) is 13.1 Å². The molecule has 1 aliphatic heterocycles. The largest absolute Gasteiger partial charge is 0.316 e. The van der Waals surface area contributed by atoms with E-state index in [1.165, 1.54) is 12.0 Å². The first-order chi connectivity index (χ1) is 8.01. The summed E-state index contributed by atoms with van der Waals surface area (Å²) >= 11 is 12.0. The zero-order chi connectivity index (χ0) is 12.5. The van der Waals surface area contributed by atoms with Crippen LogP contribution in [0.5, 0.6) is 0 Å². The van der Waals surface area contributed by atoms with E-state index in [0.29, 0.717) is 15.5 Å². The molecule has 1 aliphatic rings. The first-order valence-corrected chi connectivity index (χ1v) is 6.91. The van der Waals surface area contributed by atoms with Crippen molar-refractivity contribution in [2.45, 2.75) is 26.7 Å². The van der Waals surface area contributed by atoms with E-state index in [2.05, 4.69) is 25.2 Å². The van der Waals surface area contributed by atoms with E-state index in [9.17, 15) is 0 Å². The fourth-order valence-corrected chi connectivity index (χ4v) is 3.09. The maximum atomic E-state index is 6.06. The van der Waals surface area contributed by atoms with Crippen molar-refractivity contribution in [3.8, 4) is 0 Å². The third-order valence-electron chi connectivity index (χ3n) is 3.40. The van der Waals surface area contributed by atoms with Crippen LogP contribution in [0.25, 0.3) is 0 Å². The minimum atomic E-state index is 0.422. The predicted octanol–water partition coefficient (Wildman–Crippen LogP) is 4.17. The van der Waals surface area contributed by atoms with Crippen LogP contribution < -0.4 is 5.32 Å². The van der Waals surface area contributed by atoms with Crippen molar-refractivity contribution >= 4 is 23.2 Å². The highest BCUT2D eigenvalue weighted by atomic mass is 35.5. The SMILES string of the molecule is CC(C)CC1(Cc2ccc(Cl)c(Cl)c2)CNC1. The molecule has 0 aliphatic carbocycles. The van der Waals surface area contributed by atoms with Crippen LogP contribution in [0.4, 0.5) is 0 Å². The molecule has 1 heterocycles. The van der Waals surface area contributed by atoms with E-state index in [4.69, 9.17) is 23.2 Å². The Morgan fingerprint density at radius 3 is 2.41 bits per heavy atom. The lowest BCUT2D eigenvalue weighted by Crippen LogP contribution is -2.55. The van der Waals surface area contributed by atoms with E-state index in [1.54, 1.807) is 0 Å². The maximum absolute atomic E-state index is 6.06. The molecule has 2 rings (SSSR count). The molecule has 0 saturated carbocycles. The van der Waals surface area contributed by atoms with Crippen LogP contribution in [0.15, 0.2) is 18.2 Å². The number of nitrogens with one attached hydrogen (secondary N) is 1. The summed E-state index contributed by atoms with van der Waals surface area (Å²) in [5.74, 6) is 0.736. The Balaban J connectivity index is 2.10. The molecule has 0 bridgehead atoms.